The zero-order valence-electron chi connectivity index (χ0n) is 18.8. The Morgan fingerprint density at radius 3 is 2.33 bits per heavy atom. The van der Waals surface area contributed by atoms with Gasteiger partial charge in [0.05, 0.1) is 4.90 Å². The molecule has 0 spiro atoms. The van der Waals surface area contributed by atoms with E-state index in [1.54, 1.807) is 31.2 Å². The molecule has 1 aliphatic rings. The Hall–Kier alpha value is -3.17. The average Bonchev–Trinajstić information content (AvgIpc) is 3.15. The summed E-state index contributed by atoms with van der Waals surface area (Å²) in [5, 5.41) is 0.839. The van der Waals surface area contributed by atoms with Crippen LogP contribution in [0.1, 0.15) is 40.1 Å². The number of rotatable bonds is 4. The van der Waals surface area contributed by atoms with Gasteiger partial charge in [-0.25, -0.2) is 8.42 Å². The lowest BCUT2D eigenvalue weighted by Gasteiger charge is -2.30. The number of nitrogens with one attached hydrogen (secondary N) is 2. The summed E-state index contributed by atoms with van der Waals surface area (Å²) in [5.41, 5.74) is 8.11. The molecule has 1 saturated heterocycles. The number of carbonyl (C=O) groups excluding carboxylic acids is 2. The predicted molar refractivity (Wildman–Crippen MR) is 124 cm³/mol. The number of nitrogens with zero attached hydrogens (tertiary/aromatic N) is 1. The van der Waals surface area contributed by atoms with Crippen LogP contribution < -0.4 is 10.9 Å². The van der Waals surface area contributed by atoms with E-state index in [0.29, 0.717) is 24.0 Å². The van der Waals surface area contributed by atoms with Crippen LogP contribution in [0.5, 0.6) is 0 Å². The van der Waals surface area contributed by atoms with Gasteiger partial charge in [0.2, 0.25) is 15.9 Å². The maximum absolute atomic E-state index is 13.0. The fourth-order valence-corrected chi connectivity index (χ4v) is 5.61. The summed E-state index contributed by atoms with van der Waals surface area (Å²) in [7, 11) is -3.61. The fraction of sp³-hybridized carbons (Fsp3) is 0.333. The minimum Gasteiger partial charge on any atom is -0.451 e. The molecular weight excluding hydrogens is 442 g/mol. The molecule has 8 nitrogen and oxygen atoms in total. The third kappa shape index (κ3) is 4.51. The van der Waals surface area contributed by atoms with Crippen LogP contribution in [0, 0.1) is 26.7 Å². The van der Waals surface area contributed by atoms with Gasteiger partial charge >= 0.3 is 5.91 Å². The Bertz CT molecular complexity index is 1320. The van der Waals surface area contributed by atoms with E-state index in [2.05, 4.69) is 10.9 Å². The van der Waals surface area contributed by atoms with Crippen molar-refractivity contribution < 1.29 is 22.4 Å². The van der Waals surface area contributed by atoms with Crippen LogP contribution >= 0.6 is 0 Å². The van der Waals surface area contributed by atoms with Gasteiger partial charge in [-0.3, -0.25) is 20.4 Å². The van der Waals surface area contributed by atoms with E-state index in [4.69, 9.17) is 4.42 Å². The van der Waals surface area contributed by atoms with Gasteiger partial charge < -0.3 is 4.42 Å². The molecule has 2 heterocycles. The molecule has 1 aromatic heterocycles. The molecule has 0 atom stereocenters. The second-order valence-corrected chi connectivity index (χ2v) is 10.4. The van der Waals surface area contributed by atoms with E-state index in [1.807, 2.05) is 32.0 Å². The van der Waals surface area contributed by atoms with Crippen molar-refractivity contribution in [1.82, 2.24) is 15.2 Å². The summed E-state index contributed by atoms with van der Waals surface area (Å²) in [6, 6.07) is 12.4. The molecule has 2 aromatic carbocycles. The Balaban J connectivity index is 1.34. The number of sulfonamides is 1. The summed E-state index contributed by atoms with van der Waals surface area (Å²) in [6.45, 7) is 6.08. The first-order valence-electron chi connectivity index (χ1n) is 10.8. The zero-order chi connectivity index (χ0) is 23.8. The molecular formula is C24H27N3O5S. The lowest BCUT2D eigenvalue weighted by Crippen LogP contribution is -2.48. The molecule has 3 aromatic rings. The van der Waals surface area contributed by atoms with Gasteiger partial charge in [-0.05, 0) is 62.9 Å². The predicted octanol–water partition coefficient (Wildman–Crippen LogP) is 3.22. The Morgan fingerprint density at radius 1 is 0.970 bits per heavy atom. The van der Waals surface area contributed by atoms with Gasteiger partial charge in [0.25, 0.3) is 0 Å². The van der Waals surface area contributed by atoms with Crippen LogP contribution in [0.15, 0.2) is 51.8 Å². The number of furan rings is 1. The van der Waals surface area contributed by atoms with Gasteiger partial charge in [-0.1, -0.05) is 24.3 Å². The Morgan fingerprint density at radius 2 is 1.67 bits per heavy atom. The first kappa shape index (κ1) is 23.0. The minimum atomic E-state index is -3.61. The first-order chi connectivity index (χ1) is 15.7. The number of hydrazine groups is 1. The monoisotopic (exact) mass is 469 g/mol. The van der Waals surface area contributed by atoms with Crippen molar-refractivity contribution in [2.75, 3.05) is 13.1 Å². The van der Waals surface area contributed by atoms with Crippen LogP contribution in [0.4, 0.5) is 0 Å². The van der Waals surface area contributed by atoms with Gasteiger partial charge in [-0.15, -0.1) is 0 Å². The summed E-state index contributed by atoms with van der Waals surface area (Å²) in [5.74, 6) is -1.13. The zero-order valence-corrected chi connectivity index (χ0v) is 19.7. The standard InChI is InChI=1S/C24H27N3O5S/c1-15-8-9-19(14-16(15)2)33(30,31)27-12-10-18(11-13-27)23(28)25-26-24(29)22-17(3)20-6-4-5-7-21(20)32-22/h4-9,14,18H,10-13H2,1-3H3,(H,25,28)(H,26,29). The van der Waals surface area contributed by atoms with Gasteiger partial charge in [-0.2, -0.15) is 4.31 Å². The quantitative estimate of drug-likeness (QED) is 0.571. The van der Waals surface area contributed by atoms with Crippen molar-refractivity contribution >= 4 is 32.8 Å². The van der Waals surface area contributed by atoms with E-state index in [9.17, 15) is 18.0 Å². The lowest BCUT2D eigenvalue weighted by atomic mass is 9.98. The van der Waals surface area contributed by atoms with E-state index < -0.39 is 21.8 Å². The summed E-state index contributed by atoms with van der Waals surface area (Å²) < 4.78 is 33.0. The number of para-hydroxylation sites is 1. The first-order valence-corrected chi connectivity index (χ1v) is 12.3. The second kappa shape index (κ2) is 8.99. The molecule has 1 aliphatic heterocycles. The number of carbonyl (C=O) groups is 2. The van der Waals surface area contributed by atoms with Crippen LogP contribution in [-0.4, -0.2) is 37.6 Å². The van der Waals surface area contributed by atoms with E-state index in [0.717, 1.165) is 16.5 Å². The molecule has 2 N–H and O–H groups in total. The van der Waals surface area contributed by atoms with Gasteiger partial charge in [0, 0.05) is 30.0 Å². The van der Waals surface area contributed by atoms with Gasteiger partial charge in [0.1, 0.15) is 5.58 Å². The van der Waals surface area contributed by atoms with Crippen molar-refractivity contribution in [2.24, 2.45) is 5.92 Å². The molecule has 0 radical (unpaired) electrons. The largest absolute Gasteiger partial charge is 0.451 e. The normalized spacial score (nSPS) is 15.5. The molecule has 2 amide bonds. The van der Waals surface area contributed by atoms with E-state index in [1.165, 1.54) is 4.31 Å². The second-order valence-electron chi connectivity index (χ2n) is 8.42. The SMILES string of the molecule is Cc1ccc(S(=O)(=O)N2CCC(C(=O)NNC(=O)c3oc4ccccc4c3C)CC2)cc1C. The van der Waals surface area contributed by atoms with Crippen molar-refractivity contribution in [3.63, 3.8) is 0 Å². The van der Waals surface area contributed by atoms with E-state index in [-0.39, 0.29) is 29.7 Å². The maximum atomic E-state index is 13.0. The van der Waals surface area contributed by atoms with Crippen molar-refractivity contribution in [2.45, 2.75) is 38.5 Å². The highest BCUT2D eigenvalue weighted by atomic mass is 32.2. The van der Waals surface area contributed by atoms with Crippen molar-refractivity contribution in [3.8, 4) is 0 Å². The molecule has 0 unspecified atom stereocenters. The molecule has 4 rings (SSSR count). The average molecular weight is 470 g/mol. The van der Waals surface area contributed by atoms with Crippen LogP contribution in [0.3, 0.4) is 0 Å². The molecule has 0 saturated carbocycles. The van der Waals surface area contributed by atoms with Crippen LogP contribution in [-0.2, 0) is 14.8 Å². The summed E-state index contributed by atoms with van der Waals surface area (Å²) in [6.07, 6.45) is 0.741. The maximum Gasteiger partial charge on any atom is 0.305 e. The highest BCUT2D eigenvalue weighted by Crippen LogP contribution is 2.26. The number of aryl methyl sites for hydroxylation is 3. The third-order valence-corrected chi connectivity index (χ3v) is 8.18. The topological polar surface area (TPSA) is 109 Å². The van der Waals surface area contributed by atoms with Crippen LogP contribution in [0.2, 0.25) is 0 Å². The number of benzene rings is 2. The molecule has 33 heavy (non-hydrogen) atoms. The Labute approximate surface area is 193 Å². The van der Waals surface area contributed by atoms with E-state index >= 15 is 0 Å². The molecule has 0 bridgehead atoms. The third-order valence-electron chi connectivity index (χ3n) is 6.29. The molecule has 174 valence electrons. The van der Waals surface area contributed by atoms with Gasteiger partial charge in [0.15, 0.2) is 5.76 Å². The highest BCUT2D eigenvalue weighted by Gasteiger charge is 2.32. The van der Waals surface area contributed by atoms with Crippen molar-refractivity contribution in [3.05, 3.63) is 64.9 Å². The van der Waals surface area contributed by atoms with Crippen molar-refractivity contribution in [1.29, 1.82) is 0 Å². The molecule has 1 fully saturated rings. The lowest BCUT2D eigenvalue weighted by molar-refractivity contribution is -0.126. The minimum absolute atomic E-state index is 0.144. The smallest absolute Gasteiger partial charge is 0.305 e. The number of fused-ring (bicyclic) bond motifs is 1. The summed E-state index contributed by atoms with van der Waals surface area (Å²) in [4.78, 5) is 25.3. The number of piperidine rings is 1. The fourth-order valence-electron chi connectivity index (χ4n) is 4.05. The number of hydrogen-bond acceptors (Lipinski definition) is 5. The van der Waals surface area contributed by atoms with Crippen LogP contribution in [0.25, 0.3) is 11.0 Å². The molecule has 0 aliphatic carbocycles. The molecule has 9 heteroatoms. The summed E-state index contributed by atoms with van der Waals surface area (Å²) >= 11 is 0. The Kier molecular flexibility index (Phi) is 6.27. The highest BCUT2D eigenvalue weighted by molar-refractivity contribution is 7.89. The number of amides is 2. The number of hydrogen-bond donors (Lipinski definition) is 2.